The van der Waals surface area contributed by atoms with E-state index in [0.717, 1.165) is 5.56 Å². The molecule has 0 bridgehead atoms. The van der Waals surface area contributed by atoms with Gasteiger partial charge in [0, 0.05) is 10.9 Å². The molecule has 2 rings (SSSR count). The average Bonchev–Trinajstić information content (AvgIpc) is 2.86. The Morgan fingerprint density at radius 2 is 2.56 bits per heavy atom. The molecule has 2 aromatic heterocycles. The molecule has 0 fully saturated rings. The van der Waals surface area contributed by atoms with Crippen LogP contribution in [0.15, 0.2) is 16.8 Å². The van der Waals surface area contributed by atoms with Crippen molar-refractivity contribution in [3.8, 4) is 11.4 Å². The summed E-state index contributed by atoms with van der Waals surface area (Å²) in [6.45, 7) is -0.0228. The Balaban J connectivity index is 2.06. The van der Waals surface area contributed by atoms with E-state index in [2.05, 4.69) is 25.7 Å². The van der Waals surface area contributed by atoms with Gasteiger partial charge in [-0.05, 0) is 16.7 Å². The molecule has 0 unspecified atom stereocenters. The van der Waals surface area contributed by atoms with E-state index in [1.54, 1.807) is 11.3 Å². The minimum Gasteiger partial charge on any atom is -0.277 e. The fraction of sp³-hybridized carbons (Fsp3) is 0.250. The molecule has 0 aromatic carbocycles. The van der Waals surface area contributed by atoms with Gasteiger partial charge in [0.05, 0.1) is 7.11 Å². The smallest absolute Gasteiger partial charge is 0.267 e. The van der Waals surface area contributed by atoms with Gasteiger partial charge in [0.15, 0.2) is 0 Å². The van der Waals surface area contributed by atoms with Gasteiger partial charge < -0.3 is 0 Å². The van der Waals surface area contributed by atoms with Gasteiger partial charge in [-0.15, -0.1) is 10.2 Å². The molecule has 0 aliphatic rings. The van der Waals surface area contributed by atoms with E-state index in [0.29, 0.717) is 5.82 Å². The second kappa shape index (κ2) is 4.81. The van der Waals surface area contributed by atoms with Gasteiger partial charge in [-0.25, -0.2) is 5.48 Å². The van der Waals surface area contributed by atoms with E-state index < -0.39 is 0 Å². The number of carbonyl (C=O) groups is 1. The van der Waals surface area contributed by atoms with Gasteiger partial charge in [-0.3, -0.25) is 9.63 Å². The number of thiophene rings is 1. The van der Waals surface area contributed by atoms with Gasteiger partial charge in [0.25, 0.3) is 5.91 Å². The lowest BCUT2D eigenvalue weighted by Crippen LogP contribution is -2.27. The van der Waals surface area contributed by atoms with Crippen LogP contribution in [0.3, 0.4) is 0 Å². The summed E-state index contributed by atoms with van der Waals surface area (Å²) in [6, 6.07) is 1.89. The Labute approximate surface area is 95.0 Å². The van der Waals surface area contributed by atoms with Crippen LogP contribution in [-0.2, 0) is 16.2 Å². The molecule has 0 atom stereocenters. The lowest BCUT2D eigenvalue weighted by Gasteiger charge is -1.98. The minimum atomic E-state index is -0.336. The Morgan fingerprint density at radius 1 is 1.69 bits per heavy atom. The van der Waals surface area contributed by atoms with Crippen molar-refractivity contribution in [1.29, 1.82) is 0 Å². The van der Waals surface area contributed by atoms with E-state index in [9.17, 15) is 4.79 Å². The Kier molecular flexibility index (Phi) is 3.22. The maximum Gasteiger partial charge on any atom is 0.267 e. The van der Waals surface area contributed by atoms with E-state index >= 15 is 0 Å². The summed E-state index contributed by atoms with van der Waals surface area (Å²) in [7, 11) is 1.36. The van der Waals surface area contributed by atoms with Crippen LogP contribution in [-0.4, -0.2) is 33.2 Å². The molecule has 2 aromatic rings. The predicted octanol–water partition coefficient (Wildman–Crippen LogP) is 0.0792. The Morgan fingerprint density at radius 3 is 3.25 bits per heavy atom. The highest BCUT2D eigenvalue weighted by Gasteiger charge is 2.08. The molecule has 84 valence electrons. The fourth-order valence-electron chi connectivity index (χ4n) is 1.09. The lowest BCUT2D eigenvalue weighted by atomic mass is 10.3. The topological polar surface area (TPSA) is 81.9 Å². The highest BCUT2D eigenvalue weighted by atomic mass is 32.1. The number of rotatable bonds is 4. The van der Waals surface area contributed by atoms with Gasteiger partial charge >= 0.3 is 0 Å². The van der Waals surface area contributed by atoms with Crippen molar-refractivity contribution < 1.29 is 9.63 Å². The molecule has 0 spiro atoms. The van der Waals surface area contributed by atoms with E-state index in [-0.39, 0.29) is 12.5 Å². The monoisotopic (exact) mass is 239 g/mol. The first-order chi connectivity index (χ1) is 7.79. The van der Waals surface area contributed by atoms with Gasteiger partial charge in [-0.1, -0.05) is 0 Å². The van der Waals surface area contributed by atoms with E-state index in [1.165, 1.54) is 11.9 Å². The number of tetrazole rings is 1. The third-order valence-electron chi connectivity index (χ3n) is 1.73. The zero-order chi connectivity index (χ0) is 11.4. The van der Waals surface area contributed by atoms with Crippen molar-refractivity contribution in [2.45, 2.75) is 6.54 Å². The Bertz CT molecular complexity index is 466. The molecular formula is C8H9N5O2S. The first-order valence-electron chi connectivity index (χ1n) is 4.42. The summed E-state index contributed by atoms with van der Waals surface area (Å²) in [5, 5.41) is 15.5. The van der Waals surface area contributed by atoms with Crippen LogP contribution in [0.5, 0.6) is 0 Å². The normalized spacial score (nSPS) is 10.3. The zero-order valence-corrected chi connectivity index (χ0v) is 9.27. The minimum absolute atomic E-state index is 0.0228. The third kappa shape index (κ3) is 2.41. The van der Waals surface area contributed by atoms with Gasteiger partial charge in [-0.2, -0.15) is 16.1 Å². The van der Waals surface area contributed by atoms with Crippen LogP contribution in [0, 0.1) is 0 Å². The summed E-state index contributed by atoms with van der Waals surface area (Å²) in [5.41, 5.74) is 3.06. The molecule has 0 aliphatic carbocycles. The second-order valence-corrected chi connectivity index (χ2v) is 3.66. The van der Waals surface area contributed by atoms with Crippen LogP contribution >= 0.6 is 11.3 Å². The maximum atomic E-state index is 11.1. The fourth-order valence-corrected chi connectivity index (χ4v) is 1.73. The van der Waals surface area contributed by atoms with Gasteiger partial charge in [0.2, 0.25) is 5.82 Å². The molecule has 0 saturated carbocycles. The number of aromatic nitrogens is 4. The Hall–Kier alpha value is -1.80. The summed E-state index contributed by atoms with van der Waals surface area (Å²) < 4.78 is 0. The lowest BCUT2D eigenvalue weighted by molar-refractivity contribution is -0.132. The van der Waals surface area contributed by atoms with E-state index in [4.69, 9.17) is 0 Å². The molecule has 0 radical (unpaired) electrons. The largest absolute Gasteiger partial charge is 0.277 e. The number of nitrogens with one attached hydrogen (secondary N) is 1. The first kappa shape index (κ1) is 10.7. The molecule has 1 N–H and O–H groups in total. The molecule has 7 nitrogen and oxygen atoms in total. The molecule has 8 heteroatoms. The average molecular weight is 239 g/mol. The number of nitrogens with zero attached hydrogens (tertiary/aromatic N) is 4. The van der Waals surface area contributed by atoms with Crippen LogP contribution in [0.2, 0.25) is 0 Å². The molecule has 16 heavy (non-hydrogen) atoms. The van der Waals surface area contributed by atoms with Crippen molar-refractivity contribution in [2.75, 3.05) is 7.11 Å². The number of carbonyl (C=O) groups excluding carboxylic acids is 1. The SMILES string of the molecule is CONC(=O)Cn1nnc(-c2ccsc2)n1. The third-order valence-corrected chi connectivity index (χ3v) is 2.42. The molecule has 0 aliphatic heterocycles. The van der Waals surface area contributed by atoms with Crippen molar-refractivity contribution in [2.24, 2.45) is 0 Å². The summed E-state index contributed by atoms with van der Waals surface area (Å²) in [4.78, 5) is 16.8. The molecule has 2 heterocycles. The standard InChI is InChI=1S/C8H9N5O2S/c1-15-11-7(14)4-13-10-8(9-12-13)6-2-3-16-5-6/h2-3,5H,4H2,1H3,(H,11,14). The molecule has 0 saturated heterocycles. The predicted molar refractivity (Wildman–Crippen MR) is 56.3 cm³/mol. The second-order valence-electron chi connectivity index (χ2n) is 2.88. The number of hydrogen-bond donors (Lipinski definition) is 1. The van der Waals surface area contributed by atoms with Crippen molar-refractivity contribution in [3.05, 3.63) is 16.8 Å². The van der Waals surface area contributed by atoms with Crippen LogP contribution < -0.4 is 5.48 Å². The van der Waals surface area contributed by atoms with Crippen molar-refractivity contribution in [3.63, 3.8) is 0 Å². The zero-order valence-electron chi connectivity index (χ0n) is 8.45. The summed E-state index contributed by atoms with van der Waals surface area (Å²) in [5.74, 6) is 0.170. The summed E-state index contributed by atoms with van der Waals surface area (Å²) in [6.07, 6.45) is 0. The quantitative estimate of drug-likeness (QED) is 0.764. The first-order valence-corrected chi connectivity index (χ1v) is 5.36. The van der Waals surface area contributed by atoms with Crippen LogP contribution in [0.1, 0.15) is 0 Å². The number of hydroxylamine groups is 1. The van der Waals surface area contributed by atoms with Crippen molar-refractivity contribution in [1.82, 2.24) is 25.7 Å². The van der Waals surface area contributed by atoms with Crippen LogP contribution in [0.4, 0.5) is 0 Å². The summed E-state index contributed by atoms with van der Waals surface area (Å²) >= 11 is 1.55. The van der Waals surface area contributed by atoms with E-state index in [1.807, 2.05) is 16.8 Å². The highest BCUT2D eigenvalue weighted by Crippen LogP contribution is 2.16. The molecular weight excluding hydrogens is 230 g/mol. The molecule has 1 amide bonds. The van der Waals surface area contributed by atoms with Gasteiger partial charge in [0.1, 0.15) is 6.54 Å². The number of hydrogen-bond acceptors (Lipinski definition) is 6. The van der Waals surface area contributed by atoms with Crippen LogP contribution in [0.25, 0.3) is 11.4 Å². The highest BCUT2D eigenvalue weighted by molar-refractivity contribution is 7.08. The number of amides is 1. The maximum absolute atomic E-state index is 11.1. The van der Waals surface area contributed by atoms with Crippen molar-refractivity contribution >= 4 is 17.2 Å².